The van der Waals surface area contributed by atoms with Gasteiger partial charge >= 0.3 is 5.97 Å². The first-order valence-corrected chi connectivity index (χ1v) is 22.3. The molecule has 0 spiro atoms. The first-order valence-electron chi connectivity index (χ1n) is 20.5. The molecule has 0 aromatic heterocycles. The van der Waals surface area contributed by atoms with Gasteiger partial charge in [0.25, 0.3) is 0 Å². The number of esters is 1. The highest BCUT2D eigenvalue weighted by Gasteiger charge is 2.69. The van der Waals surface area contributed by atoms with E-state index >= 15 is 0 Å². The predicted molar refractivity (Wildman–Crippen MR) is 204 cm³/mol. The van der Waals surface area contributed by atoms with Crippen molar-refractivity contribution in [3.63, 3.8) is 0 Å². The van der Waals surface area contributed by atoms with E-state index in [2.05, 4.69) is 64.8 Å². The van der Waals surface area contributed by atoms with Gasteiger partial charge in [0, 0.05) is 25.0 Å². The van der Waals surface area contributed by atoms with Crippen LogP contribution in [0.15, 0.2) is 11.6 Å². The zero-order chi connectivity index (χ0) is 37.4. The van der Waals surface area contributed by atoms with Gasteiger partial charge in [0.05, 0.1) is 16.9 Å². The fraction of sp³-hybridized carbons (Fsp3) is 0.905. The number of fused-ring (bicyclic) bond motifs is 7. The maximum absolute atomic E-state index is 14.5. The maximum Gasteiger partial charge on any atom is 0.323 e. The zero-order valence-electron chi connectivity index (χ0n) is 33.5. The molecule has 5 fully saturated rings. The highest BCUT2D eigenvalue weighted by molar-refractivity contribution is 7.91. The average molecular weight is 730 g/mol. The summed E-state index contributed by atoms with van der Waals surface area (Å²) < 4.78 is 30.0. The lowest BCUT2D eigenvalue weighted by atomic mass is 9.33. The summed E-state index contributed by atoms with van der Waals surface area (Å²) in [5, 5.41) is 3.43. The van der Waals surface area contributed by atoms with Crippen LogP contribution in [-0.2, 0) is 24.2 Å². The summed E-state index contributed by atoms with van der Waals surface area (Å²) in [7, 11) is -2.89. The second-order valence-corrected chi connectivity index (χ2v) is 22.8. The van der Waals surface area contributed by atoms with Gasteiger partial charge < -0.3 is 20.7 Å². The lowest BCUT2D eigenvalue weighted by molar-refractivity contribution is -0.213. The number of rotatable bonds is 8. The molecule has 1 amide bonds. The Balaban J connectivity index is 1.21. The number of carbonyl (C=O) groups excluding carboxylic acids is 2. The minimum absolute atomic E-state index is 0.0395. The first kappa shape index (κ1) is 39.2. The van der Waals surface area contributed by atoms with Crippen LogP contribution in [0, 0.1) is 56.2 Å². The third-order valence-corrected chi connectivity index (χ3v) is 18.3. The zero-order valence-corrected chi connectivity index (χ0v) is 34.4. The standard InChI is InChI=1S/C42H71N3O5S/c1-28(2)34(43)35(46)50-33-14-15-39(7)31(38(33,5)6)13-16-41(9)32(39)12-11-29-30-27-37(3,4)17-19-42(30,20-18-40(29,41)8)36(47)44-21-10-22-45-23-25-51(48,49)26-24-45/h11,28,30-34H,10,12-27,43H2,1-9H3,(H,44,47)/t30-,31-,32+,33-,34-,39-,40+,41+,42-/m0/s1. The normalized spacial score (nSPS) is 41.9. The molecule has 0 radical (unpaired) electrons. The van der Waals surface area contributed by atoms with Gasteiger partial charge in [-0.1, -0.05) is 74.0 Å². The number of amides is 1. The highest BCUT2D eigenvalue weighted by atomic mass is 32.2. The van der Waals surface area contributed by atoms with E-state index < -0.39 is 15.9 Å². The van der Waals surface area contributed by atoms with E-state index in [-0.39, 0.29) is 73.8 Å². The smallest absolute Gasteiger partial charge is 0.323 e. The van der Waals surface area contributed by atoms with E-state index in [4.69, 9.17) is 10.5 Å². The largest absolute Gasteiger partial charge is 0.461 e. The van der Waals surface area contributed by atoms with Crippen LogP contribution in [0.5, 0.6) is 0 Å². The molecule has 0 bridgehead atoms. The Morgan fingerprint density at radius 1 is 0.941 bits per heavy atom. The van der Waals surface area contributed by atoms with Crippen molar-refractivity contribution in [2.75, 3.05) is 37.7 Å². The minimum Gasteiger partial charge on any atom is -0.461 e. The van der Waals surface area contributed by atoms with E-state index in [9.17, 15) is 18.0 Å². The lowest BCUT2D eigenvalue weighted by Gasteiger charge is -2.71. The van der Waals surface area contributed by atoms with Crippen molar-refractivity contribution in [1.82, 2.24) is 10.2 Å². The Morgan fingerprint density at radius 3 is 2.27 bits per heavy atom. The number of nitrogens with zero attached hydrogens (tertiary/aromatic N) is 1. The molecular weight excluding hydrogens is 659 g/mol. The fourth-order valence-corrected chi connectivity index (χ4v) is 14.3. The van der Waals surface area contributed by atoms with E-state index in [1.165, 1.54) is 0 Å². The van der Waals surface area contributed by atoms with Crippen molar-refractivity contribution < 1.29 is 22.7 Å². The van der Waals surface area contributed by atoms with Crippen molar-refractivity contribution in [2.24, 2.45) is 61.9 Å². The van der Waals surface area contributed by atoms with Gasteiger partial charge in [-0.2, -0.15) is 0 Å². The van der Waals surface area contributed by atoms with Gasteiger partial charge in [-0.3, -0.25) is 9.59 Å². The summed E-state index contributed by atoms with van der Waals surface area (Å²) >= 11 is 0. The van der Waals surface area contributed by atoms with Crippen LogP contribution < -0.4 is 11.1 Å². The van der Waals surface area contributed by atoms with E-state index in [0.29, 0.717) is 31.5 Å². The van der Waals surface area contributed by atoms with Gasteiger partial charge in [-0.15, -0.1) is 0 Å². The number of hydrogen-bond acceptors (Lipinski definition) is 7. The molecule has 0 aromatic carbocycles. The molecule has 1 saturated heterocycles. The number of allylic oxidation sites excluding steroid dienone is 2. The number of nitrogens with two attached hydrogens (primary N) is 1. The summed E-state index contributed by atoms with van der Waals surface area (Å²) in [5.41, 5.74) is 7.84. The Hall–Kier alpha value is -1.45. The third-order valence-electron chi connectivity index (χ3n) is 16.7. The molecule has 3 N–H and O–H groups in total. The van der Waals surface area contributed by atoms with Gasteiger partial charge in [0.1, 0.15) is 12.1 Å². The van der Waals surface area contributed by atoms with Gasteiger partial charge in [0.15, 0.2) is 9.84 Å². The SMILES string of the molecule is CC(C)[C@H](N)C(=O)O[C@H]1CC[C@]2(C)[C@H]3CC=C4[C@@H]5CC(C)(C)CC[C@]5(C(=O)NCCCN5CCS(=O)(=O)CC5)CC[C@@]4(C)[C@]3(C)CC[C@H]2C1(C)C. The van der Waals surface area contributed by atoms with Crippen LogP contribution in [0.25, 0.3) is 0 Å². The molecule has 6 aliphatic rings. The third kappa shape index (κ3) is 6.57. The Labute approximate surface area is 310 Å². The number of sulfone groups is 1. The van der Waals surface area contributed by atoms with Gasteiger partial charge in [-0.25, -0.2) is 8.42 Å². The predicted octanol–water partition coefficient (Wildman–Crippen LogP) is 6.92. The van der Waals surface area contributed by atoms with Gasteiger partial charge in [0.2, 0.25) is 5.91 Å². The molecule has 8 nitrogen and oxygen atoms in total. The molecule has 9 atom stereocenters. The lowest BCUT2D eigenvalue weighted by Crippen LogP contribution is -2.65. The number of ether oxygens (including phenoxy) is 1. The van der Waals surface area contributed by atoms with Crippen LogP contribution in [-0.4, -0.2) is 75.0 Å². The van der Waals surface area contributed by atoms with Crippen molar-refractivity contribution >= 4 is 21.7 Å². The van der Waals surface area contributed by atoms with Crippen LogP contribution >= 0.6 is 0 Å². The first-order chi connectivity index (χ1) is 23.6. The van der Waals surface area contributed by atoms with Crippen molar-refractivity contribution in [3.8, 4) is 0 Å². The molecule has 5 aliphatic carbocycles. The maximum atomic E-state index is 14.5. The van der Waals surface area contributed by atoms with E-state index in [1.54, 1.807) is 5.57 Å². The molecule has 51 heavy (non-hydrogen) atoms. The monoisotopic (exact) mass is 730 g/mol. The van der Waals surface area contributed by atoms with E-state index in [0.717, 1.165) is 77.2 Å². The summed E-state index contributed by atoms with van der Waals surface area (Å²) in [4.78, 5) is 29.7. The average Bonchev–Trinajstić information content (AvgIpc) is 3.04. The summed E-state index contributed by atoms with van der Waals surface area (Å²) in [6, 6.07) is -0.585. The van der Waals surface area contributed by atoms with Crippen molar-refractivity contribution in [1.29, 1.82) is 0 Å². The summed E-state index contributed by atoms with van der Waals surface area (Å²) in [6.07, 6.45) is 13.7. The molecule has 4 saturated carbocycles. The second kappa shape index (κ2) is 13.4. The molecular formula is C42H71N3O5S. The van der Waals surface area contributed by atoms with Crippen LogP contribution in [0.1, 0.15) is 133 Å². The Bertz CT molecular complexity index is 1490. The fourth-order valence-electron chi connectivity index (χ4n) is 13.0. The Morgan fingerprint density at radius 2 is 1.61 bits per heavy atom. The highest BCUT2D eigenvalue weighted by Crippen LogP contribution is 2.76. The summed E-state index contributed by atoms with van der Waals surface area (Å²) in [6.45, 7) is 23.9. The molecule has 9 heteroatoms. The van der Waals surface area contributed by atoms with Crippen LogP contribution in [0.4, 0.5) is 0 Å². The molecule has 290 valence electrons. The van der Waals surface area contributed by atoms with Crippen LogP contribution in [0.3, 0.4) is 0 Å². The molecule has 0 unspecified atom stereocenters. The van der Waals surface area contributed by atoms with E-state index in [1.807, 2.05) is 13.8 Å². The molecule has 1 aliphatic heterocycles. The number of carbonyl (C=O) groups is 2. The topological polar surface area (TPSA) is 119 Å². The second-order valence-electron chi connectivity index (χ2n) is 20.5. The number of hydrogen-bond donors (Lipinski definition) is 2. The van der Waals surface area contributed by atoms with Gasteiger partial charge in [-0.05, 0) is 123 Å². The number of nitrogens with one attached hydrogen (secondary N) is 1. The molecule has 0 aromatic rings. The summed E-state index contributed by atoms with van der Waals surface area (Å²) in [5.74, 6) is 1.79. The van der Waals surface area contributed by atoms with Crippen molar-refractivity contribution in [2.45, 2.75) is 145 Å². The quantitative estimate of drug-likeness (QED) is 0.158. The van der Waals surface area contributed by atoms with Crippen molar-refractivity contribution in [3.05, 3.63) is 11.6 Å². The van der Waals surface area contributed by atoms with Crippen LogP contribution in [0.2, 0.25) is 0 Å². The molecule has 6 rings (SSSR count). The molecule has 1 heterocycles. The minimum atomic E-state index is -2.89. The Kier molecular flexibility index (Phi) is 10.3.